The number of allylic oxidation sites excluding steroid dienone is 3. The fourth-order valence-electron chi connectivity index (χ4n) is 6.98. The molecule has 0 fully saturated rings. The fourth-order valence-corrected chi connectivity index (χ4v) is 8.11. The van der Waals surface area contributed by atoms with E-state index in [2.05, 4.69) is 169 Å². The predicted molar refractivity (Wildman–Crippen MR) is 200 cm³/mol. The van der Waals surface area contributed by atoms with Crippen molar-refractivity contribution in [1.82, 2.24) is 0 Å². The van der Waals surface area contributed by atoms with Gasteiger partial charge in [0.05, 0.1) is 11.4 Å². The molecule has 1 heterocycles. The lowest BCUT2D eigenvalue weighted by atomic mass is 9.94. The molecule has 46 heavy (non-hydrogen) atoms. The number of anilines is 2. The first-order chi connectivity index (χ1) is 22.8. The van der Waals surface area contributed by atoms with E-state index in [1.165, 1.54) is 81.0 Å². The molecule has 0 atom stereocenters. The minimum absolute atomic E-state index is 1.03. The molecule has 0 N–H and O–H groups in total. The molecule has 1 aliphatic carbocycles. The van der Waals surface area contributed by atoms with Gasteiger partial charge in [-0.25, -0.2) is 0 Å². The van der Waals surface area contributed by atoms with Crippen LogP contribution in [-0.2, 0) is 0 Å². The maximum atomic E-state index is 2.52. The molecule has 1 aliphatic rings. The Balaban J connectivity index is 1.32. The van der Waals surface area contributed by atoms with Crippen molar-refractivity contribution in [3.8, 4) is 22.3 Å². The number of hydrogen-bond acceptors (Lipinski definition) is 2. The average molecular weight is 606 g/mol. The molecule has 0 radical (unpaired) electrons. The van der Waals surface area contributed by atoms with Crippen LogP contribution in [-0.4, -0.2) is 0 Å². The molecule has 0 aliphatic heterocycles. The summed E-state index contributed by atoms with van der Waals surface area (Å²) in [7, 11) is 0. The maximum Gasteiger partial charge on any atom is 0.0554 e. The Morgan fingerprint density at radius 3 is 2.07 bits per heavy atom. The topological polar surface area (TPSA) is 3.24 Å². The van der Waals surface area contributed by atoms with Gasteiger partial charge in [0.1, 0.15) is 0 Å². The summed E-state index contributed by atoms with van der Waals surface area (Å²) >= 11 is 1.87. The van der Waals surface area contributed by atoms with Gasteiger partial charge < -0.3 is 4.90 Å². The van der Waals surface area contributed by atoms with Crippen LogP contribution in [0.5, 0.6) is 0 Å². The van der Waals surface area contributed by atoms with Crippen LogP contribution in [0.4, 0.5) is 11.4 Å². The van der Waals surface area contributed by atoms with Crippen LogP contribution in [0.25, 0.3) is 64.0 Å². The van der Waals surface area contributed by atoms with E-state index in [1.54, 1.807) is 0 Å². The van der Waals surface area contributed by atoms with Gasteiger partial charge in [-0.05, 0) is 99.6 Å². The summed E-state index contributed by atoms with van der Waals surface area (Å²) in [6, 6.07) is 53.6. The normalized spacial score (nSPS) is 13.1. The van der Waals surface area contributed by atoms with E-state index < -0.39 is 0 Å². The smallest absolute Gasteiger partial charge is 0.0554 e. The zero-order chi connectivity index (χ0) is 30.5. The van der Waals surface area contributed by atoms with E-state index in [1.807, 2.05) is 11.3 Å². The summed E-state index contributed by atoms with van der Waals surface area (Å²) in [6.07, 6.45) is 9.13. The third-order valence-electron chi connectivity index (χ3n) is 9.22. The van der Waals surface area contributed by atoms with Gasteiger partial charge in [-0.3, -0.25) is 0 Å². The summed E-state index contributed by atoms with van der Waals surface area (Å²) in [5.41, 5.74) is 8.54. The Morgan fingerprint density at radius 1 is 0.478 bits per heavy atom. The van der Waals surface area contributed by atoms with Crippen LogP contribution in [0.1, 0.15) is 12.8 Å². The highest BCUT2D eigenvalue weighted by molar-refractivity contribution is 7.26. The molecule has 218 valence electrons. The Hall–Kier alpha value is -5.44. The van der Waals surface area contributed by atoms with Crippen LogP contribution >= 0.6 is 11.3 Å². The van der Waals surface area contributed by atoms with Gasteiger partial charge in [-0.15, -0.1) is 11.3 Å². The third kappa shape index (κ3) is 4.62. The van der Waals surface area contributed by atoms with Gasteiger partial charge in [-0.1, -0.05) is 115 Å². The summed E-state index contributed by atoms with van der Waals surface area (Å²) in [6.45, 7) is 0. The van der Waals surface area contributed by atoms with Crippen LogP contribution in [0.15, 0.2) is 170 Å². The second-order valence-corrected chi connectivity index (χ2v) is 13.1. The molecule has 0 bridgehead atoms. The van der Waals surface area contributed by atoms with Crippen LogP contribution in [0, 0.1) is 0 Å². The van der Waals surface area contributed by atoms with Crippen molar-refractivity contribution >= 4 is 64.4 Å². The highest BCUT2D eigenvalue weighted by Gasteiger charge is 2.23. The van der Waals surface area contributed by atoms with Gasteiger partial charge in [0.15, 0.2) is 0 Å². The molecule has 7 aromatic carbocycles. The SMILES string of the molecule is C1=CC(N(c2cc3ccccc3cc2-c2ccc3ccc(-c4ccccc4)cc3c2)c2cccc3sc4ccccc4c23)=CCC1. The van der Waals surface area contributed by atoms with E-state index in [4.69, 9.17) is 0 Å². The molecular weight excluding hydrogens is 575 g/mol. The zero-order valence-corrected chi connectivity index (χ0v) is 26.2. The summed E-state index contributed by atoms with van der Waals surface area (Å²) in [5.74, 6) is 0. The van der Waals surface area contributed by atoms with Gasteiger partial charge in [0, 0.05) is 31.4 Å². The van der Waals surface area contributed by atoms with Crippen LogP contribution in [0.3, 0.4) is 0 Å². The van der Waals surface area contributed by atoms with Gasteiger partial charge in [-0.2, -0.15) is 0 Å². The van der Waals surface area contributed by atoms with Crippen LogP contribution in [0.2, 0.25) is 0 Å². The maximum absolute atomic E-state index is 2.52. The van der Waals surface area contributed by atoms with Crippen LogP contribution < -0.4 is 4.90 Å². The predicted octanol–water partition coefficient (Wildman–Crippen LogP) is 13.1. The van der Waals surface area contributed by atoms with E-state index in [0.717, 1.165) is 12.8 Å². The minimum Gasteiger partial charge on any atom is -0.310 e. The summed E-state index contributed by atoms with van der Waals surface area (Å²) in [5, 5.41) is 7.59. The van der Waals surface area contributed by atoms with E-state index in [0.29, 0.717) is 0 Å². The van der Waals surface area contributed by atoms with Gasteiger partial charge in [0.2, 0.25) is 0 Å². The first-order valence-electron chi connectivity index (χ1n) is 16.0. The van der Waals surface area contributed by atoms with Crippen molar-refractivity contribution in [1.29, 1.82) is 0 Å². The standard InChI is InChI=1S/C44H31NS/c1-3-12-30(13-4-1)34-24-22-31-23-25-35(27-36(31)26-34)39-28-32-14-7-8-15-33(32)29-41(39)45(37-16-5-2-6-17-37)40-19-11-21-43-44(40)38-18-9-10-20-42(38)46-43/h1,3-5,7-29H,2,6H2. The molecule has 9 rings (SSSR count). The third-order valence-corrected chi connectivity index (χ3v) is 10.4. The average Bonchev–Trinajstić information content (AvgIpc) is 3.51. The molecule has 0 saturated carbocycles. The molecule has 0 unspecified atom stereocenters. The summed E-state index contributed by atoms with van der Waals surface area (Å²) in [4.78, 5) is 2.52. The van der Waals surface area contributed by atoms with Crippen molar-refractivity contribution < 1.29 is 0 Å². The lowest BCUT2D eigenvalue weighted by molar-refractivity contribution is 0.999. The second kappa shape index (κ2) is 11.2. The number of rotatable bonds is 5. The van der Waals surface area contributed by atoms with E-state index in [-0.39, 0.29) is 0 Å². The first-order valence-corrected chi connectivity index (χ1v) is 16.8. The molecule has 0 amide bonds. The molecule has 1 aromatic heterocycles. The van der Waals surface area contributed by atoms with Crippen molar-refractivity contribution in [2.75, 3.05) is 4.90 Å². The highest BCUT2D eigenvalue weighted by atomic mass is 32.1. The summed E-state index contributed by atoms with van der Waals surface area (Å²) < 4.78 is 2.63. The quantitative estimate of drug-likeness (QED) is 0.189. The second-order valence-electron chi connectivity index (χ2n) is 12.1. The van der Waals surface area contributed by atoms with Crippen molar-refractivity contribution in [2.45, 2.75) is 12.8 Å². The Morgan fingerprint density at radius 2 is 1.22 bits per heavy atom. The van der Waals surface area contributed by atoms with Gasteiger partial charge in [0.25, 0.3) is 0 Å². The Kier molecular flexibility index (Phi) is 6.54. The molecule has 0 spiro atoms. The first kappa shape index (κ1) is 26.9. The number of fused-ring (bicyclic) bond motifs is 5. The largest absolute Gasteiger partial charge is 0.310 e. The lowest BCUT2D eigenvalue weighted by Crippen LogP contribution is -2.17. The van der Waals surface area contributed by atoms with E-state index in [9.17, 15) is 0 Å². The molecule has 2 heteroatoms. The highest BCUT2D eigenvalue weighted by Crippen LogP contribution is 2.47. The zero-order valence-electron chi connectivity index (χ0n) is 25.4. The van der Waals surface area contributed by atoms with Crippen molar-refractivity contribution in [3.05, 3.63) is 170 Å². The number of nitrogens with zero attached hydrogens (tertiary/aromatic N) is 1. The molecule has 1 nitrogen and oxygen atoms in total. The van der Waals surface area contributed by atoms with E-state index >= 15 is 0 Å². The Bertz CT molecular complexity index is 2480. The lowest BCUT2D eigenvalue weighted by Gasteiger charge is -2.31. The van der Waals surface area contributed by atoms with Crippen molar-refractivity contribution in [3.63, 3.8) is 0 Å². The minimum atomic E-state index is 1.03. The van der Waals surface area contributed by atoms with Crippen molar-refractivity contribution in [2.24, 2.45) is 0 Å². The molecule has 0 saturated heterocycles. The number of benzene rings is 7. The van der Waals surface area contributed by atoms with Gasteiger partial charge >= 0.3 is 0 Å². The number of thiophene rings is 1. The Labute approximate surface area is 273 Å². The molecule has 8 aromatic rings. The number of hydrogen-bond donors (Lipinski definition) is 0. The monoisotopic (exact) mass is 605 g/mol. The molecular formula is C44H31NS. The fraction of sp³-hybridized carbons (Fsp3) is 0.0455.